The number of anilines is 2. The summed E-state index contributed by atoms with van der Waals surface area (Å²) < 4.78 is 5.79. The minimum atomic E-state index is -0.388. The zero-order chi connectivity index (χ0) is 15.2. The average molecular weight is 294 g/mol. The Balaban J connectivity index is 2.22. The largest absolute Gasteiger partial charge is 0.376 e. The van der Waals surface area contributed by atoms with E-state index in [1.54, 1.807) is 18.2 Å². The maximum Gasteiger partial charge on any atom is 0.316 e. The number of nitrogens with zero attached hydrogens (tertiary/aromatic N) is 2. The second-order valence-electron chi connectivity index (χ2n) is 5.16. The molecule has 7 nitrogen and oxygen atoms in total. The third kappa shape index (κ3) is 3.62. The molecule has 1 aliphatic heterocycles. The molecule has 0 bridgehead atoms. The Kier molecular flexibility index (Phi) is 5.35. The predicted molar refractivity (Wildman–Crippen MR) is 82.4 cm³/mol. The first-order chi connectivity index (χ1) is 10.2. The van der Waals surface area contributed by atoms with E-state index in [0.29, 0.717) is 17.9 Å². The number of nitro groups is 1. The molecule has 0 spiro atoms. The summed E-state index contributed by atoms with van der Waals surface area (Å²) in [6, 6.07) is 5.14. The highest BCUT2D eigenvalue weighted by Crippen LogP contribution is 2.36. The molecule has 1 aromatic rings. The van der Waals surface area contributed by atoms with Gasteiger partial charge in [0.1, 0.15) is 11.4 Å². The Morgan fingerprint density at radius 3 is 3.05 bits per heavy atom. The van der Waals surface area contributed by atoms with Crippen LogP contribution in [0.2, 0.25) is 0 Å². The highest BCUT2D eigenvalue weighted by Gasteiger charge is 2.27. The van der Waals surface area contributed by atoms with Gasteiger partial charge in [0.25, 0.3) is 0 Å². The van der Waals surface area contributed by atoms with E-state index < -0.39 is 0 Å². The molecule has 0 aromatic heterocycles. The van der Waals surface area contributed by atoms with Gasteiger partial charge in [-0.15, -0.1) is 0 Å². The molecule has 1 aliphatic rings. The van der Waals surface area contributed by atoms with Crippen molar-refractivity contribution in [3.05, 3.63) is 28.3 Å². The van der Waals surface area contributed by atoms with E-state index in [2.05, 4.69) is 12.3 Å². The van der Waals surface area contributed by atoms with Gasteiger partial charge >= 0.3 is 5.69 Å². The minimum absolute atomic E-state index is 0.0242. The molecule has 0 amide bonds. The van der Waals surface area contributed by atoms with E-state index in [1.807, 2.05) is 4.90 Å². The Morgan fingerprint density at radius 2 is 2.38 bits per heavy atom. The van der Waals surface area contributed by atoms with Crippen molar-refractivity contribution in [1.29, 1.82) is 0 Å². The van der Waals surface area contributed by atoms with Crippen LogP contribution >= 0.6 is 0 Å². The Labute approximate surface area is 124 Å². The van der Waals surface area contributed by atoms with Crippen LogP contribution in [0.4, 0.5) is 17.1 Å². The molecular formula is C14H22N4O3. The molecule has 21 heavy (non-hydrogen) atoms. The van der Waals surface area contributed by atoms with Gasteiger partial charge < -0.3 is 15.1 Å². The first-order valence-corrected chi connectivity index (χ1v) is 7.28. The molecule has 2 rings (SSSR count). The summed E-state index contributed by atoms with van der Waals surface area (Å²) in [7, 11) is 0. The van der Waals surface area contributed by atoms with Crippen LogP contribution < -0.4 is 16.2 Å². The topological polar surface area (TPSA) is 93.7 Å². The Bertz CT molecular complexity index is 495. The monoisotopic (exact) mass is 294 g/mol. The molecule has 0 radical (unpaired) electrons. The van der Waals surface area contributed by atoms with Crippen LogP contribution in [0, 0.1) is 10.1 Å². The summed E-state index contributed by atoms with van der Waals surface area (Å²) in [5.41, 5.74) is 3.35. The number of ether oxygens (including phenoxy) is 1. The number of rotatable bonds is 6. The van der Waals surface area contributed by atoms with E-state index in [9.17, 15) is 10.1 Å². The second-order valence-corrected chi connectivity index (χ2v) is 5.16. The van der Waals surface area contributed by atoms with Crippen LogP contribution in [-0.2, 0) is 4.74 Å². The van der Waals surface area contributed by atoms with Gasteiger partial charge in [0, 0.05) is 19.7 Å². The third-order valence-corrected chi connectivity index (χ3v) is 3.63. The standard InChI is InChI=1S/C14H22N4O3/c1-2-9-21-11-5-4-8-17(10-11)13-7-3-6-12(16-15)14(13)18(19)20/h3,6-7,11,16H,2,4-5,8-10,15H2,1H3. The van der Waals surface area contributed by atoms with Gasteiger partial charge in [-0.3, -0.25) is 16.0 Å². The van der Waals surface area contributed by atoms with Crippen LogP contribution in [0.3, 0.4) is 0 Å². The van der Waals surface area contributed by atoms with Gasteiger partial charge in [-0.2, -0.15) is 0 Å². The van der Waals surface area contributed by atoms with Crippen molar-refractivity contribution in [1.82, 2.24) is 0 Å². The van der Waals surface area contributed by atoms with Crippen LogP contribution in [0.15, 0.2) is 18.2 Å². The zero-order valence-electron chi connectivity index (χ0n) is 12.2. The number of hydrogen-bond donors (Lipinski definition) is 2. The van der Waals surface area contributed by atoms with Crippen molar-refractivity contribution in [3.63, 3.8) is 0 Å². The summed E-state index contributed by atoms with van der Waals surface area (Å²) >= 11 is 0. The van der Waals surface area contributed by atoms with Crippen molar-refractivity contribution in [2.75, 3.05) is 30.0 Å². The summed E-state index contributed by atoms with van der Waals surface area (Å²) in [6.45, 7) is 4.27. The number of benzene rings is 1. The molecule has 1 unspecified atom stereocenters. The summed E-state index contributed by atoms with van der Waals surface area (Å²) in [5, 5.41) is 11.3. The van der Waals surface area contributed by atoms with Gasteiger partial charge in [0.2, 0.25) is 0 Å². The van der Waals surface area contributed by atoms with Crippen molar-refractivity contribution in [3.8, 4) is 0 Å². The lowest BCUT2D eigenvalue weighted by atomic mass is 10.1. The van der Waals surface area contributed by atoms with Crippen LogP contribution in [0.5, 0.6) is 0 Å². The maximum absolute atomic E-state index is 11.3. The SMILES string of the molecule is CCCOC1CCCN(c2cccc(NN)c2[N+](=O)[O-])C1. The Hall–Kier alpha value is -1.86. The van der Waals surface area contributed by atoms with Crippen molar-refractivity contribution in [2.45, 2.75) is 32.3 Å². The smallest absolute Gasteiger partial charge is 0.316 e. The van der Waals surface area contributed by atoms with E-state index >= 15 is 0 Å². The molecule has 1 heterocycles. The van der Waals surface area contributed by atoms with Crippen LogP contribution in [-0.4, -0.2) is 30.7 Å². The maximum atomic E-state index is 11.3. The minimum Gasteiger partial charge on any atom is -0.376 e. The van der Waals surface area contributed by atoms with E-state index in [-0.39, 0.29) is 16.7 Å². The summed E-state index contributed by atoms with van der Waals surface area (Å²) in [6.07, 6.45) is 3.07. The number of nitrogens with one attached hydrogen (secondary N) is 1. The molecule has 0 aliphatic carbocycles. The van der Waals surface area contributed by atoms with Crippen molar-refractivity contribution < 1.29 is 9.66 Å². The van der Waals surface area contributed by atoms with Gasteiger partial charge in [-0.25, -0.2) is 0 Å². The van der Waals surface area contributed by atoms with E-state index in [1.165, 1.54) is 0 Å². The van der Waals surface area contributed by atoms with E-state index in [0.717, 1.165) is 32.4 Å². The van der Waals surface area contributed by atoms with Crippen molar-refractivity contribution in [2.24, 2.45) is 5.84 Å². The van der Waals surface area contributed by atoms with Crippen LogP contribution in [0.25, 0.3) is 0 Å². The Morgan fingerprint density at radius 1 is 1.57 bits per heavy atom. The quantitative estimate of drug-likeness (QED) is 0.475. The summed E-state index contributed by atoms with van der Waals surface area (Å²) in [4.78, 5) is 13.0. The van der Waals surface area contributed by atoms with Gasteiger partial charge in [0.15, 0.2) is 0 Å². The molecule has 1 atom stereocenters. The third-order valence-electron chi connectivity index (χ3n) is 3.63. The number of piperidine rings is 1. The molecule has 1 saturated heterocycles. The molecule has 7 heteroatoms. The number of nitrogens with two attached hydrogens (primary N) is 1. The number of nitrogen functional groups attached to an aromatic ring is 1. The molecule has 3 N–H and O–H groups in total. The van der Waals surface area contributed by atoms with Crippen molar-refractivity contribution >= 4 is 17.1 Å². The molecule has 1 fully saturated rings. The van der Waals surface area contributed by atoms with Crippen LogP contribution in [0.1, 0.15) is 26.2 Å². The fourth-order valence-corrected chi connectivity index (χ4v) is 2.67. The molecule has 1 aromatic carbocycles. The fourth-order valence-electron chi connectivity index (χ4n) is 2.67. The number of para-hydroxylation sites is 1. The highest BCUT2D eigenvalue weighted by molar-refractivity contribution is 5.76. The normalized spacial score (nSPS) is 18.6. The first-order valence-electron chi connectivity index (χ1n) is 7.28. The van der Waals surface area contributed by atoms with E-state index in [4.69, 9.17) is 10.6 Å². The first kappa shape index (κ1) is 15.5. The lowest BCUT2D eigenvalue weighted by Crippen LogP contribution is -2.40. The fraction of sp³-hybridized carbons (Fsp3) is 0.571. The number of nitro benzene ring substituents is 1. The number of hydrazine groups is 1. The summed E-state index contributed by atoms with van der Waals surface area (Å²) in [5.74, 6) is 5.38. The zero-order valence-corrected chi connectivity index (χ0v) is 12.2. The average Bonchev–Trinajstić information content (AvgIpc) is 2.52. The highest BCUT2D eigenvalue weighted by atomic mass is 16.6. The number of hydrogen-bond acceptors (Lipinski definition) is 6. The molecule has 0 saturated carbocycles. The lowest BCUT2D eigenvalue weighted by Gasteiger charge is -2.34. The molecule has 116 valence electrons. The molecular weight excluding hydrogens is 272 g/mol. The van der Waals surface area contributed by atoms with Gasteiger partial charge in [-0.05, 0) is 31.4 Å². The predicted octanol–water partition coefficient (Wildman–Crippen LogP) is 2.28. The lowest BCUT2D eigenvalue weighted by molar-refractivity contribution is -0.383. The van der Waals surface area contributed by atoms with Gasteiger partial charge in [-0.1, -0.05) is 13.0 Å². The second kappa shape index (κ2) is 7.24. The van der Waals surface area contributed by atoms with Gasteiger partial charge in [0.05, 0.1) is 11.0 Å².